The number of amidine groups is 1. The van der Waals surface area contributed by atoms with Crippen LogP contribution >= 0.6 is 11.3 Å². The van der Waals surface area contributed by atoms with E-state index in [1.807, 2.05) is 6.07 Å². The maximum absolute atomic E-state index is 13.8. The van der Waals surface area contributed by atoms with Crippen molar-refractivity contribution in [1.29, 1.82) is 10.7 Å². The molecule has 0 bridgehead atoms. The number of rotatable bonds is 9. The summed E-state index contributed by atoms with van der Waals surface area (Å²) in [6.45, 7) is 2.99. The number of hydrogen-bond acceptors (Lipinski definition) is 8. The molecule has 2 amide bonds. The van der Waals surface area contributed by atoms with E-state index in [9.17, 15) is 27.6 Å². The molecule has 2 aromatic carbocycles. The second-order valence-corrected chi connectivity index (χ2v) is 11.2. The Morgan fingerprint density at radius 3 is 2.28 bits per heavy atom. The summed E-state index contributed by atoms with van der Waals surface area (Å²) in [6.07, 6.45) is -3.96. The van der Waals surface area contributed by atoms with Gasteiger partial charge in [0, 0.05) is 40.4 Å². The third-order valence-corrected chi connectivity index (χ3v) is 7.92. The molecule has 0 spiro atoms. The number of ether oxygens (including phenoxy) is 1. The molecular weight excluding hydrogens is 627 g/mol. The van der Waals surface area contributed by atoms with Crippen molar-refractivity contribution in [3.63, 3.8) is 0 Å². The third-order valence-electron chi connectivity index (χ3n) is 6.68. The number of nitrogens with zero attached hydrogens (tertiary/aromatic N) is 2. The molecule has 242 valence electrons. The monoisotopic (exact) mass is 657 g/mol. The highest BCUT2D eigenvalue weighted by Crippen LogP contribution is 2.29. The van der Waals surface area contributed by atoms with Gasteiger partial charge in [-0.1, -0.05) is 24.3 Å². The molecule has 15 heteroatoms. The number of thiophene rings is 1. The van der Waals surface area contributed by atoms with Gasteiger partial charge in [-0.25, -0.2) is 4.79 Å². The van der Waals surface area contributed by atoms with Crippen LogP contribution in [-0.2, 0) is 44.9 Å². The van der Waals surface area contributed by atoms with Gasteiger partial charge in [-0.15, -0.1) is 11.3 Å². The molecule has 1 aliphatic heterocycles. The van der Waals surface area contributed by atoms with E-state index in [4.69, 9.17) is 31.0 Å². The molecule has 1 aliphatic rings. The number of amides is 2. The SMILES string of the molecule is CCOC(=O)Cc1cc2c(s1)CCN(C(=O)[C@H](Cc1ccc(C#N)cc1)NC(=O)c1ccc(C(=N)N)cc1)C2.O=C(O)C(F)(F)F. The molecule has 46 heavy (non-hydrogen) atoms. The van der Waals surface area contributed by atoms with Crippen LogP contribution in [0.15, 0.2) is 54.6 Å². The zero-order valence-corrected chi connectivity index (χ0v) is 25.3. The summed E-state index contributed by atoms with van der Waals surface area (Å²) >= 11 is 1.57. The summed E-state index contributed by atoms with van der Waals surface area (Å²) in [5.74, 6) is -3.75. The van der Waals surface area contributed by atoms with Gasteiger partial charge in [-0.05, 0) is 54.8 Å². The van der Waals surface area contributed by atoms with Gasteiger partial charge in [0.15, 0.2) is 0 Å². The normalized spacial score (nSPS) is 12.8. The fourth-order valence-electron chi connectivity index (χ4n) is 4.44. The highest BCUT2D eigenvalue weighted by atomic mass is 32.1. The van der Waals surface area contributed by atoms with Crippen LogP contribution in [-0.4, -0.2) is 65.0 Å². The van der Waals surface area contributed by atoms with Gasteiger partial charge in [0.25, 0.3) is 5.91 Å². The lowest BCUT2D eigenvalue weighted by Gasteiger charge is -2.31. The lowest BCUT2D eigenvalue weighted by Crippen LogP contribution is -2.50. The molecule has 2 heterocycles. The number of fused-ring (bicyclic) bond motifs is 1. The van der Waals surface area contributed by atoms with Gasteiger partial charge in [-0.2, -0.15) is 18.4 Å². The Morgan fingerprint density at radius 2 is 1.74 bits per heavy atom. The average Bonchev–Trinajstić information content (AvgIpc) is 3.42. The summed E-state index contributed by atoms with van der Waals surface area (Å²) in [4.78, 5) is 51.5. The maximum atomic E-state index is 13.8. The Labute approximate surface area is 265 Å². The second kappa shape index (κ2) is 15.7. The number of carbonyl (C=O) groups excluding carboxylic acids is 3. The van der Waals surface area contributed by atoms with Gasteiger partial charge < -0.3 is 25.8 Å². The number of alkyl halides is 3. The Bertz CT molecular complexity index is 1630. The summed E-state index contributed by atoms with van der Waals surface area (Å²) in [7, 11) is 0. The summed E-state index contributed by atoms with van der Waals surface area (Å²) < 4.78 is 36.8. The minimum Gasteiger partial charge on any atom is -0.475 e. The number of benzene rings is 2. The summed E-state index contributed by atoms with van der Waals surface area (Å²) in [6, 6.07) is 16.4. The summed E-state index contributed by atoms with van der Waals surface area (Å²) in [5.41, 5.74) is 8.68. The highest BCUT2D eigenvalue weighted by Gasteiger charge is 2.38. The van der Waals surface area contributed by atoms with Crippen molar-refractivity contribution >= 4 is 40.9 Å². The molecule has 1 aromatic heterocycles. The van der Waals surface area contributed by atoms with E-state index in [0.29, 0.717) is 42.8 Å². The Hall–Kier alpha value is -5.23. The molecule has 11 nitrogen and oxygen atoms in total. The van der Waals surface area contributed by atoms with Crippen molar-refractivity contribution < 1.29 is 42.2 Å². The number of nitrogens with one attached hydrogen (secondary N) is 2. The summed E-state index contributed by atoms with van der Waals surface area (Å²) in [5, 5.41) is 26.7. The van der Waals surface area contributed by atoms with Crippen LogP contribution in [0.4, 0.5) is 13.2 Å². The molecule has 4 rings (SSSR count). The first-order valence-electron chi connectivity index (χ1n) is 13.8. The first-order valence-corrected chi connectivity index (χ1v) is 14.6. The van der Waals surface area contributed by atoms with Crippen LogP contribution in [0.5, 0.6) is 0 Å². The van der Waals surface area contributed by atoms with Crippen molar-refractivity contribution in [3.05, 3.63) is 92.2 Å². The molecule has 0 aliphatic carbocycles. The van der Waals surface area contributed by atoms with Crippen molar-refractivity contribution in [2.24, 2.45) is 5.73 Å². The predicted molar refractivity (Wildman–Crippen MR) is 161 cm³/mol. The number of carboxylic acid groups (broad SMARTS) is 1. The van der Waals surface area contributed by atoms with Crippen LogP contribution in [0.1, 0.15) is 49.3 Å². The van der Waals surface area contributed by atoms with Crippen molar-refractivity contribution in [3.8, 4) is 6.07 Å². The van der Waals surface area contributed by atoms with E-state index in [0.717, 1.165) is 20.9 Å². The third kappa shape index (κ3) is 9.89. The number of nitrogen functional groups attached to an aromatic ring is 1. The van der Waals surface area contributed by atoms with Crippen molar-refractivity contribution in [2.45, 2.75) is 44.9 Å². The number of carboxylic acids is 1. The molecule has 0 saturated carbocycles. The molecule has 0 fully saturated rings. The Balaban J connectivity index is 0.000000738. The molecule has 0 saturated heterocycles. The van der Waals surface area contributed by atoms with E-state index in [-0.39, 0.29) is 30.6 Å². The molecule has 0 unspecified atom stereocenters. The van der Waals surface area contributed by atoms with Crippen LogP contribution in [0.3, 0.4) is 0 Å². The zero-order chi connectivity index (χ0) is 34.0. The quantitative estimate of drug-likeness (QED) is 0.153. The topological polar surface area (TPSA) is 187 Å². The molecule has 0 radical (unpaired) electrons. The maximum Gasteiger partial charge on any atom is 0.490 e. The number of carbonyl (C=O) groups is 4. The Kier molecular flexibility index (Phi) is 12.0. The molecule has 1 atom stereocenters. The van der Waals surface area contributed by atoms with E-state index in [1.165, 1.54) is 0 Å². The number of halogens is 3. The smallest absolute Gasteiger partial charge is 0.475 e. The van der Waals surface area contributed by atoms with Gasteiger partial charge in [0.05, 0.1) is 24.7 Å². The van der Waals surface area contributed by atoms with Crippen LogP contribution in [0.25, 0.3) is 0 Å². The lowest BCUT2D eigenvalue weighted by atomic mass is 10.0. The first-order chi connectivity index (χ1) is 21.7. The van der Waals surface area contributed by atoms with Gasteiger partial charge in [0.1, 0.15) is 11.9 Å². The van der Waals surface area contributed by atoms with Gasteiger partial charge in [-0.3, -0.25) is 19.8 Å². The lowest BCUT2D eigenvalue weighted by molar-refractivity contribution is -0.192. The van der Waals surface area contributed by atoms with Gasteiger partial charge in [0.2, 0.25) is 5.91 Å². The number of esters is 1. The largest absolute Gasteiger partial charge is 0.490 e. The van der Waals surface area contributed by atoms with E-state index >= 15 is 0 Å². The van der Waals surface area contributed by atoms with E-state index < -0.39 is 24.1 Å². The number of nitrogens with two attached hydrogens (primary N) is 1. The van der Waals surface area contributed by atoms with Crippen LogP contribution < -0.4 is 11.1 Å². The molecular formula is C31H30F3N5O6S. The Morgan fingerprint density at radius 1 is 1.13 bits per heavy atom. The fraction of sp³-hybridized carbons (Fsp3) is 0.290. The standard InChI is InChI=1S/C29H29N5O4S.C2HF3O2/c1-2-38-26(35)15-23-14-22-17-34(12-11-25(22)39-23)29(37)24(13-18-3-5-19(16-30)6-4-18)33-28(36)21-9-7-20(8-10-21)27(31)32;3-2(4,5)1(6)7/h3-10,14,24H,2,11-13,15,17H2,1H3,(H3,31,32)(H,33,36);(H,6,7)/t24-;/m0./s1. The van der Waals surface area contributed by atoms with Crippen LogP contribution in [0.2, 0.25) is 0 Å². The zero-order valence-electron chi connectivity index (χ0n) is 24.5. The van der Waals surface area contributed by atoms with Crippen molar-refractivity contribution in [2.75, 3.05) is 13.2 Å². The fourth-order valence-corrected chi connectivity index (χ4v) is 5.59. The average molecular weight is 658 g/mol. The minimum absolute atomic E-state index is 0.0980. The predicted octanol–water partition coefficient (Wildman–Crippen LogP) is 3.57. The first kappa shape index (κ1) is 35.3. The number of nitriles is 1. The van der Waals surface area contributed by atoms with E-state index in [2.05, 4.69) is 11.4 Å². The molecule has 3 aromatic rings. The number of aliphatic carboxylic acids is 1. The van der Waals surface area contributed by atoms with E-state index in [1.54, 1.807) is 71.7 Å². The van der Waals surface area contributed by atoms with Crippen LogP contribution in [0, 0.1) is 16.7 Å². The van der Waals surface area contributed by atoms with Crippen molar-refractivity contribution in [1.82, 2.24) is 10.2 Å². The number of hydrogen-bond donors (Lipinski definition) is 4. The second-order valence-electron chi connectivity index (χ2n) is 9.99. The molecule has 5 N–H and O–H groups in total. The minimum atomic E-state index is -5.08. The van der Waals surface area contributed by atoms with Gasteiger partial charge >= 0.3 is 18.1 Å². The highest BCUT2D eigenvalue weighted by molar-refractivity contribution is 7.12.